The summed E-state index contributed by atoms with van der Waals surface area (Å²) in [4.78, 5) is 4.88. The summed E-state index contributed by atoms with van der Waals surface area (Å²) in [6.07, 6.45) is 0. The molecule has 0 saturated carbocycles. The zero-order valence-corrected chi connectivity index (χ0v) is 26.0. The summed E-state index contributed by atoms with van der Waals surface area (Å²) in [6, 6.07) is 59.5. The van der Waals surface area contributed by atoms with E-state index in [9.17, 15) is 0 Å². The Morgan fingerprint density at radius 1 is 0.262 bits per heavy atom. The second kappa shape index (κ2) is 14.5. The summed E-state index contributed by atoms with van der Waals surface area (Å²) < 4.78 is 4.59. The number of benzene rings is 6. The fraction of sp³-hybridized carbons (Fsp3) is 0. The smallest absolute Gasteiger partial charge is 0.0528 e. The molecule has 6 aromatic rings. The number of para-hydroxylation sites is 4. The lowest BCUT2D eigenvalue weighted by molar-refractivity contribution is 1.24. The van der Waals surface area contributed by atoms with Crippen molar-refractivity contribution in [1.29, 1.82) is 0 Å². The van der Waals surface area contributed by atoms with Gasteiger partial charge >= 0.3 is 0 Å². The third-order valence-corrected chi connectivity index (χ3v) is 11.3. The highest BCUT2D eigenvalue weighted by Gasteiger charge is 2.17. The molecule has 0 saturated heterocycles. The molecule has 0 aliphatic carbocycles. The van der Waals surface area contributed by atoms with Gasteiger partial charge in [0.1, 0.15) is 0 Å². The molecule has 0 N–H and O–H groups in total. The molecule has 6 aromatic carbocycles. The van der Waals surface area contributed by atoms with Crippen LogP contribution in [-0.2, 0) is 0 Å². The lowest BCUT2D eigenvalue weighted by Crippen LogP contribution is -2.06. The van der Waals surface area contributed by atoms with Gasteiger partial charge in [0, 0.05) is 19.6 Å². The van der Waals surface area contributed by atoms with E-state index in [1.807, 2.05) is 0 Å². The topological polar surface area (TPSA) is 6.48 Å². The Bertz CT molecular complexity index is 1480. The van der Waals surface area contributed by atoms with Crippen LogP contribution in [0.5, 0.6) is 0 Å². The average Bonchev–Trinajstić information content (AvgIpc) is 3.07. The molecule has 42 heavy (non-hydrogen) atoms. The molecule has 0 bridgehead atoms. The number of anilines is 4. The second-order valence-corrected chi connectivity index (χ2v) is 13.4. The van der Waals surface area contributed by atoms with Crippen molar-refractivity contribution in [3.63, 3.8) is 0 Å². The van der Waals surface area contributed by atoms with Gasteiger partial charge in [0.2, 0.25) is 0 Å². The van der Waals surface area contributed by atoms with Crippen LogP contribution in [0, 0.1) is 0 Å². The maximum atomic E-state index is 2.30. The van der Waals surface area contributed by atoms with Crippen molar-refractivity contribution in [2.75, 3.05) is 8.61 Å². The van der Waals surface area contributed by atoms with E-state index in [4.69, 9.17) is 0 Å². The number of nitrogens with zero attached hydrogens (tertiary/aromatic N) is 2. The SMILES string of the molecule is c1ccc(N(Sc2ccccc2SSc2ccccc2SN(c2ccccc2)c2ccccc2)c2ccccc2)cc1. The van der Waals surface area contributed by atoms with E-state index in [0.717, 1.165) is 22.7 Å². The number of rotatable bonds is 11. The first-order valence-corrected chi connectivity index (χ1v) is 17.2. The fourth-order valence-corrected chi connectivity index (χ4v) is 9.08. The molecule has 2 nitrogen and oxygen atoms in total. The second-order valence-electron chi connectivity index (χ2n) is 9.17. The molecule has 206 valence electrons. The van der Waals surface area contributed by atoms with Crippen LogP contribution in [-0.4, -0.2) is 0 Å². The van der Waals surface area contributed by atoms with Crippen molar-refractivity contribution < 1.29 is 0 Å². The van der Waals surface area contributed by atoms with Crippen LogP contribution in [0.2, 0.25) is 0 Å². The standard InChI is InChI=1S/C36H28N2S4/c1-5-17-29(18-6-1)37(30-19-7-2-8-20-30)39-33-25-13-15-27-35(33)41-42-36-28-16-14-26-34(36)40-38(31-21-9-3-10-22-31)32-23-11-4-12-24-32/h1-28H. The Morgan fingerprint density at radius 2 is 0.500 bits per heavy atom. The number of hydrogen-bond donors (Lipinski definition) is 0. The van der Waals surface area contributed by atoms with E-state index < -0.39 is 0 Å². The van der Waals surface area contributed by atoms with Gasteiger partial charge in [0.15, 0.2) is 0 Å². The summed E-state index contributed by atoms with van der Waals surface area (Å²) in [5, 5.41) is 0. The first-order chi connectivity index (χ1) is 20.8. The highest BCUT2D eigenvalue weighted by molar-refractivity contribution is 8.76. The summed E-state index contributed by atoms with van der Waals surface area (Å²) in [6.45, 7) is 0. The average molecular weight is 617 g/mol. The van der Waals surface area contributed by atoms with Gasteiger partial charge in [0.25, 0.3) is 0 Å². The minimum absolute atomic E-state index is 1.14. The predicted molar refractivity (Wildman–Crippen MR) is 186 cm³/mol. The monoisotopic (exact) mass is 616 g/mol. The van der Waals surface area contributed by atoms with Crippen LogP contribution in [0.25, 0.3) is 0 Å². The number of hydrogen-bond acceptors (Lipinski definition) is 6. The fourth-order valence-electron chi connectivity index (χ4n) is 4.24. The highest BCUT2D eigenvalue weighted by Crippen LogP contribution is 2.48. The van der Waals surface area contributed by atoms with Crippen LogP contribution in [0.1, 0.15) is 0 Å². The first-order valence-electron chi connectivity index (χ1n) is 13.5. The zero-order valence-electron chi connectivity index (χ0n) is 22.7. The van der Waals surface area contributed by atoms with Crippen LogP contribution in [0.3, 0.4) is 0 Å². The largest absolute Gasteiger partial charge is 0.280 e. The van der Waals surface area contributed by atoms with Crippen molar-refractivity contribution in [2.24, 2.45) is 0 Å². The van der Waals surface area contributed by atoms with Gasteiger partial charge in [-0.3, -0.25) is 8.61 Å². The van der Waals surface area contributed by atoms with E-state index >= 15 is 0 Å². The van der Waals surface area contributed by atoms with E-state index in [1.165, 1.54) is 19.6 Å². The molecular weight excluding hydrogens is 589 g/mol. The molecule has 0 heterocycles. The van der Waals surface area contributed by atoms with Gasteiger partial charge in [-0.2, -0.15) is 0 Å². The minimum atomic E-state index is 1.14. The summed E-state index contributed by atoms with van der Waals surface area (Å²) in [5.41, 5.74) is 4.57. The Hall–Kier alpha value is -3.68. The van der Waals surface area contributed by atoms with Crippen molar-refractivity contribution in [2.45, 2.75) is 19.6 Å². The molecule has 0 spiro atoms. The predicted octanol–water partition coefficient (Wildman–Crippen LogP) is 12.2. The molecule has 0 unspecified atom stereocenters. The molecule has 0 aliphatic rings. The van der Waals surface area contributed by atoms with Gasteiger partial charge in [-0.25, -0.2) is 0 Å². The maximum Gasteiger partial charge on any atom is 0.0528 e. The quantitative estimate of drug-likeness (QED) is 0.105. The van der Waals surface area contributed by atoms with Gasteiger partial charge in [-0.05, 0) is 96.7 Å². The Morgan fingerprint density at radius 3 is 0.786 bits per heavy atom. The molecular formula is C36H28N2S4. The summed E-state index contributed by atoms with van der Waals surface area (Å²) in [5.74, 6) is 0. The lowest BCUT2D eigenvalue weighted by Gasteiger charge is -2.25. The Balaban J connectivity index is 1.25. The summed E-state index contributed by atoms with van der Waals surface area (Å²) >= 11 is 3.50. The Kier molecular flexibility index (Phi) is 9.80. The van der Waals surface area contributed by atoms with Gasteiger partial charge in [0.05, 0.1) is 22.7 Å². The van der Waals surface area contributed by atoms with Crippen LogP contribution in [0.4, 0.5) is 22.7 Å². The Labute approximate surface area is 264 Å². The summed E-state index contributed by atoms with van der Waals surface area (Å²) in [7, 11) is 3.61. The van der Waals surface area contributed by atoms with Crippen LogP contribution < -0.4 is 8.61 Å². The van der Waals surface area contributed by atoms with E-state index in [0.29, 0.717) is 0 Å². The normalized spacial score (nSPS) is 10.8. The molecule has 6 heteroatoms. The minimum Gasteiger partial charge on any atom is -0.280 e. The van der Waals surface area contributed by atoms with Crippen molar-refractivity contribution in [3.05, 3.63) is 170 Å². The van der Waals surface area contributed by atoms with Crippen molar-refractivity contribution in [3.8, 4) is 0 Å². The van der Waals surface area contributed by atoms with Crippen LogP contribution in [0.15, 0.2) is 189 Å². The molecule has 0 aliphatic heterocycles. The van der Waals surface area contributed by atoms with Gasteiger partial charge in [-0.15, -0.1) is 0 Å². The van der Waals surface area contributed by atoms with Crippen molar-refractivity contribution in [1.82, 2.24) is 0 Å². The molecule has 6 rings (SSSR count). The lowest BCUT2D eigenvalue weighted by atomic mass is 10.3. The van der Waals surface area contributed by atoms with Crippen LogP contribution >= 0.6 is 45.5 Å². The molecule has 0 radical (unpaired) electrons. The maximum absolute atomic E-state index is 2.30. The molecule has 0 fully saturated rings. The van der Waals surface area contributed by atoms with Gasteiger partial charge < -0.3 is 0 Å². The van der Waals surface area contributed by atoms with E-state index in [1.54, 1.807) is 45.5 Å². The zero-order chi connectivity index (χ0) is 28.4. The van der Waals surface area contributed by atoms with E-state index in [-0.39, 0.29) is 0 Å². The van der Waals surface area contributed by atoms with E-state index in [2.05, 4.69) is 178 Å². The van der Waals surface area contributed by atoms with Crippen molar-refractivity contribution >= 4 is 68.2 Å². The molecule has 0 aromatic heterocycles. The first kappa shape index (κ1) is 28.4. The molecule has 0 amide bonds. The molecule has 0 atom stereocenters. The highest BCUT2D eigenvalue weighted by atomic mass is 33.1. The van der Waals surface area contributed by atoms with Gasteiger partial charge in [-0.1, -0.05) is 119 Å². The third kappa shape index (κ3) is 7.20. The third-order valence-electron chi connectivity index (χ3n) is 6.26.